The molecule has 0 amide bonds. The van der Waals surface area contributed by atoms with Crippen molar-refractivity contribution in [3.05, 3.63) is 105 Å². The Balaban J connectivity index is 1.70. The van der Waals surface area contributed by atoms with Crippen LogP contribution in [-0.4, -0.2) is 23.3 Å². The molecule has 0 fully saturated rings. The minimum atomic E-state index is -0.226. The van der Waals surface area contributed by atoms with Gasteiger partial charge >= 0.3 is 0 Å². The van der Waals surface area contributed by atoms with Gasteiger partial charge in [-0.3, -0.25) is 0 Å². The van der Waals surface area contributed by atoms with Gasteiger partial charge in [0, 0.05) is 23.6 Å². The molecule has 4 nitrogen and oxygen atoms in total. The normalized spacial score (nSPS) is 14.3. The summed E-state index contributed by atoms with van der Waals surface area (Å²) in [4.78, 5) is 10.1. The number of methoxy groups -OCH3 is 1. The number of allylic oxidation sites excluding steroid dienone is 5. The van der Waals surface area contributed by atoms with Crippen LogP contribution in [0, 0.1) is 0 Å². The number of nitrogens with one attached hydrogen (secondary N) is 1. The third kappa shape index (κ3) is 5.91. The Labute approximate surface area is 210 Å². The minimum absolute atomic E-state index is 0.226. The monoisotopic (exact) mass is 515 g/mol. The predicted octanol–water partition coefficient (Wildman–Crippen LogP) is 7.17. The summed E-state index contributed by atoms with van der Waals surface area (Å²) in [5, 5.41) is 3.51. The van der Waals surface area contributed by atoms with Crippen LogP contribution in [0.4, 0.5) is 5.82 Å². The van der Waals surface area contributed by atoms with Gasteiger partial charge in [-0.05, 0) is 56.0 Å². The zero-order chi connectivity index (χ0) is 23.9. The lowest BCUT2D eigenvalue weighted by molar-refractivity contribution is 0.125. The van der Waals surface area contributed by atoms with Crippen molar-refractivity contribution in [2.45, 2.75) is 39.3 Å². The third-order valence-electron chi connectivity index (χ3n) is 5.87. The molecule has 34 heavy (non-hydrogen) atoms. The fourth-order valence-corrected chi connectivity index (χ4v) is 4.28. The minimum Gasteiger partial charge on any atom is -0.361 e. The Morgan fingerprint density at radius 2 is 1.91 bits per heavy atom. The molecule has 4 rings (SSSR count). The van der Waals surface area contributed by atoms with Gasteiger partial charge in [-0.15, -0.1) is 0 Å². The maximum absolute atomic E-state index is 5.79. The molecule has 0 aliphatic heterocycles. The Morgan fingerprint density at radius 1 is 1.12 bits per heavy atom. The van der Waals surface area contributed by atoms with Crippen LogP contribution in [0.2, 0.25) is 0 Å². The highest BCUT2D eigenvalue weighted by Gasteiger charge is 2.22. The van der Waals surface area contributed by atoms with Crippen molar-refractivity contribution < 1.29 is 4.74 Å². The number of aromatic nitrogens is 2. The van der Waals surface area contributed by atoms with Crippen LogP contribution < -0.4 is 5.32 Å². The highest BCUT2D eigenvalue weighted by atomic mass is 79.9. The lowest BCUT2D eigenvalue weighted by atomic mass is 9.92. The molecule has 174 valence electrons. The number of aryl methyl sites for hydroxylation is 2. The molecule has 2 aromatic carbocycles. The molecule has 1 unspecified atom stereocenters. The fourth-order valence-electron chi connectivity index (χ4n) is 4.01. The molecule has 1 aromatic heterocycles. The van der Waals surface area contributed by atoms with Crippen molar-refractivity contribution in [1.29, 1.82) is 0 Å². The van der Waals surface area contributed by atoms with Crippen molar-refractivity contribution in [2.24, 2.45) is 0 Å². The number of halogens is 1. The highest BCUT2D eigenvalue weighted by molar-refractivity contribution is 9.10. The lowest BCUT2D eigenvalue weighted by Gasteiger charge is -2.23. The molecule has 5 heteroatoms. The Morgan fingerprint density at radius 3 is 2.68 bits per heavy atom. The van der Waals surface area contributed by atoms with Crippen molar-refractivity contribution in [2.75, 3.05) is 12.4 Å². The predicted molar refractivity (Wildman–Crippen MR) is 145 cm³/mol. The lowest BCUT2D eigenvalue weighted by Crippen LogP contribution is -2.26. The van der Waals surface area contributed by atoms with Gasteiger partial charge in [-0.2, -0.15) is 0 Å². The molecule has 1 heterocycles. The SMILES string of the molecule is C\C=C/C=C(C)/C=C/c1nc2c(nc1NC(Cc1ccc(Br)cc1)OC)CCc1ccccc1-2. The number of benzene rings is 2. The second-order valence-electron chi connectivity index (χ2n) is 8.38. The van der Waals surface area contributed by atoms with Gasteiger partial charge in [-0.25, -0.2) is 9.97 Å². The number of nitrogens with zero attached hydrogens (tertiary/aromatic N) is 2. The van der Waals surface area contributed by atoms with E-state index in [4.69, 9.17) is 14.7 Å². The summed E-state index contributed by atoms with van der Waals surface area (Å²) in [5.41, 5.74) is 7.64. The maximum Gasteiger partial charge on any atom is 0.154 e. The molecule has 0 saturated carbocycles. The molecule has 1 N–H and O–H groups in total. The molecule has 1 aliphatic carbocycles. The summed E-state index contributed by atoms with van der Waals surface area (Å²) in [6.45, 7) is 4.09. The van der Waals surface area contributed by atoms with Crippen LogP contribution in [0.1, 0.15) is 36.4 Å². The average Bonchev–Trinajstić information content (AvgIpc) is 2.86. The Hall–Kier alpha value is -3.02. The average molecular weight is 516 g/mol. The molecule has 0 saturated heterocycles. The topological polar surface area (TPSA) is 47.0 Å². The van der Waals surface area contributed by atoms with Crippen molar-refractivity contribution in [1.82, 2.24) is 9.97 Å². The summed E-state index contributed by atoms with van der Waals surface area (Å²) in [7, 11) is 1.72. The molecule has 0 radical (unpaired) electrons. The van der Waals surface area contributed by atoms with Gasteiger partial charge in [0.2, 0.25) is 0 Å². The van der Waals surface area contributed by atoms with Gasteiger partial charge in [-0.1, -0.05) is 82.2 Å². The van der Waals surface area contributed by atoms with Crippen LogP contribution in [0.3, 0.4) is 0 Å². The summed E-state index contributed by atoms with van der Waals surface area (Å²) in [5.74, 6) is 0.747. The van der Waals surface area contributed by atoms with Gasteiger partial charge in [0.25, 0.3) is 0 Å². The van der Waals surface area contributed by atoms with E-state index in [2.05, 4.69) is 76.7 Å². The van der Waals surface area contributed by atoms with E-state index in [9.17, 15) is 0 Å². The van der Waals surface area contributed by atoms with Crippen LogP contribution >= 0.6 is 15.9 Å². The first-order valence-corrected chi connectivity index (χ1v) is 12.4. The van der Waals surface area contributed by atoms with E-state index in [1.54, 1.807) is 7.11 Å². The fraction of sp³-hybridized carbons (Fsp3) is 0.241. The standard InChI is InChI=1S/C29H30BrN3O/c1-4-5-8-20(2)11-17-26-29(33-27(34-3)19-21-12-15-23(30)16-13-21)32-25-18-14-22-9-6-7-10-24(22)28(25)31-26/h4-13,15-17,27H,14,18-19H2,1-3H3,(H,32,33)/b5-4-,17-11+,20-8+. The molecule has 0 bridgehead atoms. The smallest absolute Gasteiger partial charge is 0.154 e. The van der Waals surface area contributed by atoms with Gasteiger partial charge in [0.15, 0.2) is 5.82 Å². The van der Waals surface area contributed by atoms with Gasteiger partial charge in [0.05, 0.1) is 11.4 Å². The van der Waals surface area contributed by atoms with Gasteiger partial charge in [0.1, 0.15) is 11.9 Å². The number of hydrogen-bond donors (Lipinski definition) is 1. The molecular formula is C29H30BrN3O. The molecule has 3 aromatic rings. The van der Waals surface area contributed by atoms with E-state index in [1.807, 2.05) is 37.3 Å². The number of hydrogen-bond acceptors (Lipinski definition) is 4. The number of fused-ring (bicyclic) bond motifs is 3. The van der Waals surface area contributed by atoms with E-state index >= 15 is 0 Å². The van der Waals surface area contributed by atoms with Gasteiger partial charge < -0.3 is 10.1 Å². The summed E-state index contributed by atoms with van der Waals surface area (Å²) < 4.78 is 6.85. The third-order valence-corrected chi connectivity index (χ3v) is 6.40. The quantitative estimate of drug-likeness (QED) is 0.255. The Kier molecular flexibility index (Phi) is 8.09. The van der Waals surface area contributed by atoms with Crippen LogP contribution in [0.15, 0.2) is 82.9 Å². The van der Waals surface area contributed by atoms with E-state index in [0.29, 0.717) is 0 Å². The number of anilines is 1. The van der Waals surface area contributed by atoms with E-state index in [0.717, 1.165) is 52.2 Å². The number of rotatable bonds is 8. The van der Waals surface area contributed by atoms with Crippen molar-refractivity contribution in [3.63, 3.8) is 0 Å². The van der Waals surface area contributed by atoms with E-state index in [1.165, 1.54) is 16.7 Å². The zero-order valence-corrected chi connectivity index (χ0v) is 21.5. The largest absolute Gasteiger partial charge is 0.361 e. The second kappa shape index (κ2) is 11.4. The van der Waals surface area contributed by atoms with E-state index in [-0.39, 0.29) is 6.23 Å². The maximum atomic E-state index is 5.79. The van der Waals surface area contributed by atoms with Crippen molar-refractivity contribution in [3.8, 4) is 11.3 Å². The molecule has 1 aliphatic rings. The highest BCUT2D eigenvalue weighted by Crippen LogP contribution is 2.33. The molecule has 0 spiro atoms. The van der Waals surface area contributed by atoms with Crippen LogP contribution in [0.5, 0.6) is 0 Å². The first-order valence-electron chi connectivity index (χ1n) is 11.6. The Bertz CT molecular complexity index is 1230. The summed E-state index contributed by atoms with van der Waals surface area (Å²) in [6, 6.07) is 16.8. The second-order valence-corrected chi connectivity index (χ2v) is 9.29. The van der Waals surface area contributed by atoms with Crippen LogP contribution in [0.25, 0.3) is 17.3 Å². The van der Waals surface area contributed by atoms with Crippen molar-refractivity contribution >= 4 is 27.8 Å². The van der Waals surface area contributed by atoms with Crippen LogP contribution in [-0.2, 0) is 24.0 Å². The first kappa shape index (κ1) is 24.1. The zero-order valence-electron chi connectivity index (χ0n) is 19.9. The summed E-state index contributed by atoms with van der Waals surface area (Å²) in [6.07, 6.45) is 12.6. The molecule has 1 atom stereocenters. The summed E-state index contributed by atoms with van der Waals surface area (Å²) >= 11 is 3.50. The number of ether oxygens (including phenoxy) is 1. The molecular weight excluding hydrogens is 486 g/mol. The first-order chi connectivity index (χ1) is 16.6. The van der Waals surface area contributed by atoms with E-state index < -0.39 is 0 Å².